The van der Waals surface area contributed by atoms with Crippen LogP contribution in [0.25, 0.3) is 0 Å². The zero-order chi connectivity index (χ0) is 42.8. The van der Waals surface area contributed by atoms with Gasteiger partial charge < -0.3 is 37.5 Å². The van der Waals surface area contributed by atoms with Gasteiger partial charge in [0.15, 0.2) is 5.78 Å². The molecular formula is C42H70O10P8. The number of carbonyl (C=O) groups is 2. The van der Waals surface area contributed by atoms with Crippen LogP contribution >= 0.6 is 68.0 Å². The van der Waals surface area contributed by atoms with Gasteiger partial charge in [0.05, 0.1) is 70.0 Å². The van der Waals surface area contributed by atoms with Gasteiger partial charge in [-0.05, 0) is 92.0 Å². The van der Waals surface area contributed by atoms with Crippen molar-refractivity contribution in [3.05, 3.63) is 36.5 Å². The molecule has 7 rings (SSSR count). The van der Waals surface area contributed by atoms with Gasteiger partial charge >= 0.3 is 0 Å². The van der Waals surface area contributed by atoms with E-state index in [1.807, 2.05) is 6.08 Å². The average molecular weight is 983 g/mol. The lowest BCUT2D eigenvalue weighted by atomic mass is 9.78. The quantitative estimate of drug-likeness (QED) is 0.164. The summed E-state index contributed by atoms with van der Waals surface area (Å²) in [7, 11) is 12.8. The highest BCUT2D eigenvalue weighted by molar-refractivity contribution is 8.41. The molecule has 6 saturated heterocycles. The van der Waals surface area contributed by atoms with Crippen LogP contribution in [0.4, 0.5) is 0 Å². The Morgan fingerprint density at radius 2 is 1.50 bits per heavy atom. The first kappa shape index (κ1) is 49.6. The van der Waals surface area contributed by atoms with Crippen LogP contribution < -0.4 is 0 Å². The summed E-state index contributed by atoms with van der Waals surface area (Å²) in [5, 5.41) is 0. The number of carbonyl (C=O) groups excluding carboxylic acids is 2. The number of hydrogen-bond donors (Lipinski definition) is 0. The summed E-state index contributed by atoms with van der Waals surface area (Å²) in [6, 6.07) is 0. The van der Waals surface area contributed by atoms with Crippen LogP contribution in [0, 0.1) is 23.7 Å². The van der Waals surface area contributed by atoms with Crippen molar-refractivity contribution in [3.8, 4) is 0 Å². The van der Waals surface area contributed by atoms with Gasteiger partial charge in [0.1, 0.15) is 36.3 Å². The third-order valence-corrected chi connectivity index (χ3v) is 18.0. The number of Topliss-reactive ketones (excluding diaryl/α,β-unsaturated/α-hetero) is 1. The summed E-state index contributed by atoms with van der Waals surface area (Å²) < 4.78 is 54.0. The van der Waals surface area contributed by atoms with E-state index in [0.29, 0.717) is 43.9 Å². The molecule has 7 aliphatic heterocycles. The van der Waals surface area contributed by atoms with Crippen molar-refractivity contribution in [1.29, 1.82) is 0 Å². The van der Waals surface area contributed by atoms with E-state index < -0.39 is 51.7 Å². The van der Waals surface area contributed by atoms with E-state index in [-0.39, 0.29) is 78.7 Å². The second kappa shape index (κ2) is 22.7. The van der Waals surface area contributed by atoms with Gasteiger partial charge in [-0.2, -0.15) is 0 Å². The third kappa shape index (κ3) is 12.4. The molecule has 7 aliphatic rings. The first-order valence-corrected chi connectivity index (χ1v) is 34.1. The van der Waals surface area contributed by atoms with Crippen LogP contribution in [0.5, 0.6) is 0 Å². The van der Waals surface area contributed by atoms with Crippen LogP contribution in [0.15, 0.2) is 36.5 Å². The molecule has 10 nitrogen and oxygen atoms in total. The van der Waals surface area contributed by atoms with Crippen LogP contribution in [-0.4, -0.2) is 103 Å². The summed E-state index contributed by atoms with van der Waals surface area (Å²) in [5.41, 5.74) is 2.17. The molecule has 0 aliphatic carbocycles. The van der Waals surface area contributed by atoms with Crippen molar-refractivity contribution in [3.63, 3.8) is 0 Å². The van der Waals surface area contributed by atoms with Crippen LogP contribution in [-0.2, 0) is 47.1 Å². The van der Waals surface area contributed by atoms with Crippen molar-refractivity contribution in [2.45, 2.75) is 183 Å². The van der Waals surface area contributed by atoms with Gasteiger partial charge in [-0.1, -0.05) is 75.7 Å². The van der Waals surface area contributed by atoms with Gasteiger partial charge in [0.25, 0.3) is 0 Å². The van der Waals surface area contributed by atoms with Gasteiger partial charge in [-0.3, -0.25) is 9.59 Å². The highest BCUT2D eigenvalue weighted by Crippen LogP contribution is 2.60. The number of allylic oxidation sites excluding steroid dienone is 1. The van der Waals surface area contributed by atoms with Crippen LogP contribution in [0.1, 0.15) is 97.8 Å². The number of fused-ring (bicyclic) bond motifs is 7. The minimum absolute atomic E-state index is 0.0583. The second-order valence-corrected chi connectivity index (χ2v) is 32.2. The van der Waals surface area contributed by atoms with Crippen molar-refractivity contribution in [1.82, 2.24) is 0 Å². The Morgan fingerprint density at radius 1 is 0.783 bits per heavy atom. The zero-order valence-corrected chi connectivity index (χ0v) is 44.1. The molecule has 0 radical (unpaired) electrons. The average Bonchev–Trinajstić information content (AvgIpc) is 3.81. The molecule has 8 bridgehead atoms. The summed E-state index contributed by atoms with van der Waals surface area (Å²) in [6.07, 6.45) is 9.39. The molecule has 60 heavy (non-hydrogen) atoms. The fraction of sp³-hybridized carbons (Fsp3) is 0.810. The Morgan fingerprint density at radius 3 is 2.25 bits per heavy atom. The van der Waals surface area contributed by atoms with Gasteiger partial charge in [-0.25, -0.2) is 0 Å². The lowest BCUT2D eigenvalue weighted by Gasteiger charge is -2.48. The molecule has 0 N–H and O–H groups in total. The topological polar surface area (TPSA) is 108 Å². The van der Waals surface area contributed by atoms with E-state index in [0.717, 1.165) is 51.5 Å². The highest BCUT2D eigenvalue weighted by atomic mass is 32.4. The summed E-state index contributed by atoms with van der Waals surface area (Å²) in [6.45, 7) is 15.8. The minimum atomic E-state index is -0.962. The van der Waals surface area contributed by atoms with Gasteiger partial charge in [-0.15, -0.1) is 17.2 Å². The molecule has 6 fully saturated rings. The second-order valence-electron chi connectivity index (χ2n) is 18.5. The first-order chi connectivity index (χ1) is 28.7. The van der Waals surface area contributed by atoms with Gasteiger partial charge in [0, 0.05) is 32.1 Å². The summed E-state index contributed by atoms with van der Waals surface area (Å²) in [5.74, 6) is 1.31. The summed E-state index contributed by atoms with van der Waals surface area (Å²) in [4.78, 5) is 27.9. The van der Waals surface area contributed by atoms with Crippen molar-refractivity contribution in [2.24, 2.45) is 23.7 Å². The molecule has 0 amide bonds. The molecule has 0 spiro atoms. The SMILES string of the molecule is C=C1C[C@@H]2/C=C/C(=O)C[C@H]3OC4[C@@H](O[C@H]5CC[C@H](CC(=O)C[C@H]6C(C[C@H]7OC(CC[C@@H]1O2)C[C@@H](C)C7=C)O[C@H](C[C@H](C)CCPP)[C@@H]6C)O[C@@H]5[C@@H]4OP(P)P)[C@H]3OP(P)P. The monoisotopic (exact) mass is 982 g/mol. The Kier molecular flexibility index (Phi) is 18.7. The maximum atomic E-state index is 14.3. The predicted molar refractivity (Wildman–Crippen MR) is 261 cm³/mol. The normalized spacial score (nSPS) is 44.2. The molecule has 0 aromatic carbocycles. The van der Waals surface area contributed by atoms with E-state index in [9.17, 15) is 9.59 Å². The summed E-state index contributed by atoms with van der Waals surface area (Å²) >= 11 is 0. The first-order valence-electron chi connectivity index (χ1n) is 22.0. The largest absolute Gasteiger partial charge is 0.374 e. The molecule has 0 aromatic heterocycles. The maximum Gasteiger partial charge on any atom is 0.158 e. The molecule has 0 aromatic rings. The zero-order valence-electron chi connectivity index (χ0n) is 35.5. The number of ketones is 2. The fourth-order valence-electron chi connectivity index (χ4n) is 10.9. The number of ether oxygens (including phenoxy) is 6. The highest BCUT2D eigenvalue weighted by Gasteiger charge is 2.59. The fourth-order valence-corrected chi connectivity index (χ4v) is 14.8. The third-order valence-electron chi connectivity index (χ3n) is 14.1. The Hall–Kier alpha value is 1.68. The standard InChI is InChI=1S/C42H70O10P8/c1-21(12-13-58-53)14-34-25(5)31-18-27(44)17-30-9-11-33-38(47-30)42(52-60(56)57)41-40(49-33)39(51-59(54)55)37(50-41)19-26(43)6-7-28-16-23(3)32(45-28)10-8-29-15-22(2)24(4)35(46-29)20-36(31)48-34/h6-7,21-22,25,28-42,58H,3-4,8-20,53-57H2,1-2,5H3/b7-6+/t21-,22-,25-,28+,29?,30-,31-,32+,33+,34-,35-,36?,37-,38+,39+,40+,41?,42+/m1/s1. The molecule has 7 heterocycles. The van der Waals surface area contributed by atoms with E-state index in [2.05, 4.69) is 78.6 Å². The molecule has 9 unspecified atom stereocenters. The van der Waals surface area contributed by atoms with Gasteiger partial charge in [0.2, 0.25) is 0 Å². The van der Waals surface area contributed by atoms with Crippen molar-refractivity contribution >= 4 is 79.5 Å². The molecular weight excluding hydrogens is 912 g/mol. The maximum absolute atomic E-state index is 14.3. The van der Waals surface area contributed by atoms with Crippen LogP contribution in [0.3, 0.4) is 0 Å². The van der Waals surface area contributed by atoms with E-state index >= 15 is 0 Å². The molecule has 338 valence electrons. The Bertz CT molecular complexity index is 1560. The lowest BCUT2D eigenvalue weighted by Crippen LogP contribution is -2.61. The molecule has 0 saturated carbocycles. The Labute approximate surface area is 374 Å². The minimum Gasteiger partial charge on any atom is -0.374 e. The Balaban J connectivity index is 1.15. The number of rotatable bonds is 9. The predicted octanol–water partition coefficient (Wildman–Crippen LogP) is 9.81. The smallest absolute Gasteiger partial charge is 0.158 e. The number of hydrogen-bond acceptors (Lipinski definition) is 10. The van der Waals surface area contributed by atoms with Crippen LogP contribution in [0.2, 0.25) is 0 Å². The van der Waals surface area contributed by atoms with E-state index in [1.165, 1.54) is 12.6 Å². The lowest BCUT2D eigenvalue weighted by molar-refractivity contribution is -0.251. The van der Waals surface area contributed by atoms with E-state index in [1.54, 1.807) is 6.08 Å². The van der Waals surface area contributed by atoms with Crippen molar-refractivity contribution in [2.75, 3.05) is 6.16 Å². The van der Waals surface area contributed by atoms with E-state index in [4.69, 9.17) is 37.5 Å². The van der Waals surface area contributed by atoms with Crippen molar-refractivity contribution < 1.29 is 47.1 Å². The molecule has 18 heteroatoms. The molecule has 24 atom stereocenters.